The number of anilines is 1. The summed E-state index contributed by atoms with van der Waals surface area (Å²) in [7, 11) is 3.15. The molecule has 1 N–H and O–H groups in total. The topological polar surface area (TPSA) is 60.5 Å². The molecule has 3 rings (SSSR count). The second-order valence-corrected chi connectivity index (χ2v) is 7.68. The van der Waals surface area contributed by atoms with Crippen LogP contribution in [0.1, 0.15) is 11.3 Å². The van der Waals surface area contributed by atoms with Crippen LogP contribution in [-0.2, 0) is 11.2 Å². The molecule has 1 heterocycles. The smallest absolute Gasteiger partial charge is 0.230 e. The molecule has 0 bridgehead atoms. The number of amides is 1. The molecule has 0 atom stereocenters. The number of hydrogen-bond acceptors (Lipinski definition) is 5. The molecule has 0 unspecified atom stereocenters. The van der Waals surface area contributed by atoms with Gasteiger partial charge in [-0.3, -0.25) is 4.79 Å². The number of carbonyl (C=O) groups excluding carboxylic acids is 1. The van der Waals surface area contributed by atoms with E-state index in [9.17, 15) is 4.79 Å². The van der Waals surface area contributed by atoms with Crippen LogP contribution in [0.3, 0.4) is 0 Å². The molecule has 0 spiro atoms. The SMILES string of the molecule is COc1cc(C)c(NC(=O)Cc2csc(-c3cccc(Br)c3)n2)cc1OC. The number of halogens is 1. The maximum atomic E-state index is 12.5. The Bertz CT molecular complexity index is 972. The number of ether oxygens (including phenoxy) is 2. The minimum atomic E-state index is -0.128. The zero-order valence-corrected chi connectivity index (χ0v) is 17.6. The lowest BCUT2D eigenvalue weighted by atomic mass is 10.1. The monoisotopic (exact) mass is 446 g/mol. The molecule has 0 aliphatic rings. The first-order chi connectivity index (χ1) is 13.0. The fraction of sp³-hybridized carbons (Fsp3) is 0.200. The van der Waals surface area contributed by atoms with Gasteiger partial charge in [-0.15, -0.1) is 11.3 Å². The van der Waals surface area contributed by atoms with Crippen molar-refractivity contribution in [2.24, 2.45) is 0 Å². The normalized spacial score (nSPS) is 10.5. The maximum absolute atomic E-state index is 12.5. The summed E-state index contributed by atoms with van der Waals surface area (Å²) in [6, 6.07) is 11.5. The molecule has 0 saturated heterocycles. The molecule has 3 aromatic rings. The van der Waals surface area contributed by atoms with Crippen LogP contribution in [0.15, 0.2) is 46.3 Å². The highest BCUT2D eigenvalue weighted by Gasteiger charge is 2.13. The third-order valence-corrected chi connectivity index (χ3v) is 5.40. The van der Waals surface area contributed by atoms with Crippen LogP contribution in [0.4, 0.5) is 5.69 Å². The fourth-order valence-electron chi connectivity index (χ4n) is 2.62. The molecule has 27 heavy (non-hydrogen) atoms. The zero-order valence-electron chi connectivity index (χ0n) is 15.2. The second-order valence-electron chi connectivity index (χ2n) is 5.90. The van der Waals surface area contributed by atoms with Crippen LogP contribution in [0.2, 0.25) is 0 Å². The lowest BCUT2D eigenvalue weighted by Gasteiger charge is -2.13. The summed E-state index contributed by atoms with van der Waals surface area (Å²) in [5, 5.41) is 5.73. The molecule has 7 heteroatoms. The first-order valence-electron chi connectivity index (χ1n) is 8.23. The summed E-state index contributed by atoms with van der Waals surface area (Å²) in [6.07, 6.45) is 0.207. The van der Waals surface area contributed by atoms with Gasteiger partial charge in [0, 0.05) is 27.2 Å². The van der Waals surface area contributed by atoms with E-state index in [0.29, 0.717) is 17.2 Å². The number of nitrogens with one attached hydrogen (secondary N) is 1. The minimum absolute atomic E-state index is 0.128. The Kier molecular flexibility index (Phi) is 6.13. The van der Waals surface area contributed by atoms with Gasteiger partial charge < -0.3 is 14.8 Å². The van der Waals surface area contributed by atoms with Crippen LogP contribution in [0.25, 0.3) is 10.6 Å². The van der Waals surface area contributed by atoms with Crippen molar-refractivity contribution in [1.82, 2.24) is 4.98 Å². The van der Waals surface area contributed by atoms with E-state index in [0.717, 1.165) is 26.3 Å². The average Bonchev–Trinajstić information content (AvgIpc) is 3.11. The number of nitrogens with zero attached hydrogens (tertiary/aromatic N) is 1. The van der Waals surface area contributed by atoms with Crippen molar-refractivity contribution in [3.05, 3.63) is 57.5 Å². The predicted octanol–water partition coefficient (Wildman–Crippen LogP) is 5.08. The van der Waals surface area contributed by atoms with Crippen molar-refractivity contribution in [1.29, 1.82) is 0 Å². The highest BCUT2D eigenvalue weighted by atomic mass is 79.9. The lowest BCUT2D eigenvalue weighted by molar-refractivity contribution is -0.115. The van der Waals surface area contributed by atoms with Crippen LogP contribution >= 0.6 is 27.3 Å². The van der Waals surface area contributed by atoms with Gasteiger partial charge in [-0.05, 0) is 30.7 Å². The molecule has 0 saturated carbocycles. The fourth-order valence-corrected chi connectivity index (χ4v) is 3.83. The summed E-state index contributed by atoms with van der Waals surface area (Å²) in [4.78, 5) is 17.0. The third-order valence-electron chi connectivity index (χ3n) is 3.97. The van der Waals surface area contributed by atoms with Gasteiger partial charge in [0.05, 0.1) is 26.3 Å². The van der Waals surface area contributed by atoms with Gasteiger partial charge in [-0.25, -0.2) is 4.98 Å². The number of benzene rings is 2. The summed E-state index contributed by atoms with van der Waals surface area (Å²) in [5.41, 5.74) is 3.36. The lowest BCUT2D eigenvalue weighted by Crippen LogP contribution is -2.15. The molecule has 0 radical (unpaired) electrons. The van der Waals surface area contributed by atoms with E-state index in [1.165, 1.54) is 11.3 Å². The van der Waals surface area contributed by atoms with Crippen molar-refractivity contribution in [3.63, 3.8) is 0 Å². The number of aromatic nitrogens is 1. The zero-order chi connectivity index (χ0) is 19.4. The molecule has 5 nitrogen and oxygen atoms in total. The second kappa shape index (κ2) is 8.54. The molecule has 1 aromatic heterocycles. The van der Waals surface area contributed by atoms with Crippen LogP contribution in [0, 0.1) is 6.92 Å². The quantitative estimate of drug-likeness (QED) is 0.573. The van der Waals surface area contributed by atoms with Crippen LogP contribution in [-0.4, -0.2) is 25.1 Å². The van der Waals surface area contributed by atoms with E-state index in [1.54, 1.807) is 20.3 Å². The van der Waals surface area contributed by atoms with Crippen molar-refractivity contribution < 1.29 is 14.3 Å². The highest BCUT2D eigenvalue weighted by molar-refractivity contribution is 9.10. The number of methoxy groups -OCH3 is 2. The first kappa shape index (κ1) is 19.4. The Morgan fingerprint density at radius 2 is 1.93 bits per heavy atom. The number of aryl methyl sites for hydroxylation is 1. The molecular formula is C20H19BrN2O3S. The van der Waals surface area contributed by atoms with E-state index < -0.39 is 0 Å². The summed E-state index contributed by atoms with van der Waals surface area (Å²) >= 11 is 4.99. The van der Waals surface area contributed by atoms with E-state index in [2.05, 4.69) is 26.2 Å². The van der Waals surface area contributed by atoms with E-state index >= 15 is 0 Å². The van der Waals surface area contributed by atoms with E-state index in [1.807, 2.05) is 42.6 Å². The number of thiazole rings is 1. The number of rotatable bonds is 6. The molecule has 0 aliphatic carbocycles. The largest absolute Gasteiger partial charge is 0.493 e. The summed E-state index contributed by atoms with van der Waals surface area (Å²) in [6.45, 7) is 1.91. The predicted molar refractivity (Wildman–Crippen MR) is 112 cm³/mol. The Hall–Kier alpha value is -2.38. The summed E-state index contributed by atoms with van der Waals surface area (Å²) < 4.78 is 11.6. The molecule has 1 amide bonds. The Morgan fingerprint density at radius 1 is 1.19 bits per heavy atom. The van der Waals surface area contributed by atoms with Crippen molar-refractivity contribution >= 4 is 38.9 Å². The molecule has 2 aromatic carbocycles. The first-order valence-corrected chi connectivity index (χ1v) is 9.90. The van der Waals surface area contributed by atoms with Gasteiger partial charge in [-0.1, -0.05) is 28.1 Å². The van der Waals surface area contributed by atoms with Gasteiger partial charge in [0.15, 0.2) is 11.5 Å². The molecular weight excluding hydrogens is 428 g/mol. The van der Waals surface area contributed by atoms with Gasteiger partial charge >= 0.3 is 0 Å². The van der Waals surface area contributed by atoms with Crippen LogP contribution < -0.4 is 14.8 Å². The number of carbonyl (C=O) groups is 1. The van der Waals surface area contributed by atoms with Crippen molar-refractivity contribution in [3.8, 4) is 22.1 Å². The Morgan fingerprint density at radius 3 is 2.63 bits per heavy atom. The third kappa shape index (κ3) is 4.67. The standard InChI is InChI=1S/C20H19BrN2O3S/c1-12-7-17(25-2)18(26-3)10-16(12)23-19(24)9-15-11-27-20(22-15)13-5-4-6-14(21)8-13/h4-8,10-11H,9H2,1-3H3,(H,23,24). The molecule has 140 valence electrons. The van der Waals surface area contributed by atoms with Gasteiger partial charge in [0.1, 0.15) is 5.01 Å². The highest BCUT2D eigenvalue weighted by Crippen LogP contribution is 2.33. The van der Waals surface area contributed by atoms with Crippen molar-refractivity contribution in [2.75, 3.05) is 19.5 Å². The number of hydrogen-bond donors (Lipinski definition) is 1. The van der Waals surface area contributed by atoms with Gasteiger partial charge in [0.2, 0.25) is 5.91 Å². The van der Waals surface area contributed by atoms with Crippen molar-refractivity contribution in [2.45, 2.75) is 13.3 Å². The average molecular weight is 447 g/mol. The van der Waals surface area contributed by atoms with Gasteiger partial charge in [-0.2, -0.15) is 0 Å². The Labute approximate surface area is 170 Å². The van der Waals surface area contributed by atoms with E-state index in [4.69, 9.17) is 9.47 Å². The van der Waals surface area contributed by atoms with E-state index in [-0.39, 0.29) is 12.3 Å². The summed E-state index contributed by atoms with van der Waals surface area (Å²) in [5.74, 6) is 1.08. The molecule has 0 aliphatic heterocycles. The van der Waals surface area contributed by atoms with Gasteiger partial charge in [0.25, 0.3) is 0 Å². The Balaban J connectivity index is 1.72. The molecule has 0 fully saturated rings. The van der Waals surface area contributed by atoms with Crippen LogP contribution in [0.5, 0.6) is 11.5 Å². The minimum Gasteiger partial charge on any atom is -0.493 e. The maximum Gasteiger partial charge on any atom is 0.230 e.